The van der Waals surface area contributed by atoms with Crippen LogP contribution in [0.5, 0.6) is 11.5 Å². The first-order valence-corrected chi connectivity index (χ1v) is 11.6. The van der Waals surface area contributed by atoms with Crippen LogP contribution in [-0.2, 0) is 23.8 Å². The summed E-state index contributed by atoms with van der Waals surface area (Å²) in [5.41, 5.74) is -0.0167. The van der Waals surface area contributed by atoms with Crippen LogP contribution in [-0.4, -0.2) is 55.4 Å². The minimum Gasteiger partial charge on any atom is -0.493 e. The Kier molecular flexibility index (Phi) is 12.6. The van der Waals surface area contributed by atoms with Gasteiger partial charge in [-0.1, -0.05) is 34.6 Å². The van der Waals surface area contributed by atoms with Crippen molar-refractivity contribution in [2.45, 2.75) is 73.5 Å². The first-order chi connectivity index (χ1) is 16.0. The first kappa shape index (κ1) is 29.4. The number of rotatable bonds is 15. The van der Waals surface area contributed by atoms with Gasteiger partial charge < -0.3 is 23.7 Å². The zero-order valence-electron chi connectivity index (χ0n) is 21.6. The summed E-state index contributed by atoms with van der Waals surface area (Å²) in [4.78, 5) is 40.9. The highest BCUT2D eigenvalue weighted by molar-refractivity contribution is 5.99. The fraction of sp³-hybridized carbons (Fsp3) is 0.680. The Labute approximate surface area is 202 Å². The lowest BCUT2D eigenvalue weighted by atomic mass is 10.00. The van der Waals surface area contributed by atoms with Crippen LogP contribution in [0.4, 0.5) is 0 Å². The minimum absolute atomic E-state index is 0.0167. The monoisotopic (exact) mass is 481 g/mol. The molecule has 0 unspecified atom stereocenters. The molecule has 0 bridgehead atoms. The summed E-state index contributed by atoms with van der Waals surface area (Å²) in [5.74, 6) is -1.30. The minimum atomic E-state index is -0.717. The van der Waals surface area contributed by atoms with Gasteiger partial charge in [0.15, 0.2) is 23.0 Å². The predicted molar refractivity (Wildman–Crippen MR) is 126 cm³/mol. The van der Waals surface area contributed by atoms with E-state index in [-0.39, 0.29) is 35.6 Å². The maximum absolute atomic E-state index is 13.0. The number of ketones is 1. The summed E-state index contributed by atoms with van der Waals surface area (Å²) in [7, 11) is 1.42. The number of aromatic nitrogens is 1. The van der Waals surface area contributed by atoms with Gasteiger partial charge in [-0.15, -0.1) is 0 Å². The topological polar surface area (TPSA) is 110 Å². The van der Waals surface area contributed by atoms with Crippen molar-refractivity contribution in [2.75, 3.05) is 20.5 Å². The van der Waals surface area contributed by atoms with Gasteiger partial charge in [-0.2, -0.15) is 0 Å². The molecule has 0 radical (unpaired) electrons. The molecule has 1 rings (SSSR count). The molecule has 0 aliphatic rings. The number of pyridine rings is 1. The number of nitrogens with zero attached hydrogens (tertiary/aromatic N) is 1. The Bertz CT molecular complexity index is 808. The largest absolute Gasteiger partial charge is 0.493 e. The van der Waals surface area contributed by atoms with Crippen LogP contribution in [0.1, 0.15) is 71.8 Å². The van der Waals surface area contributed by atoms with Gasteiger partial charge in [0.2, 0.25) is 6.79 Å². The van der Waals surface area contributed by atoms with E-state index in [2.05, 4.69) is 18.8 Å². The summed E-state index contributed by atoms with van der Waals surface area (Å²) in [6.45, 7) is 13.1. The summed E-state index contributed by atoms with van der Waals surface area (Å²) in [5, 5.41) is 0. The van der Waals surface area contributed by atoms with Crippen LogP contribution in [0.15, 0.2) is 12.3 Å². The van der Waals surface area contributed by atoms with E-state index in [1.807, 2.05) is 20.8 Å². The van der Waals surface area contributed by atoms with Gasteiger partial charge in [0.1, 0.15) is 6.10 Å². The standard InChI is InChI=1S/C25H39NO8/c1-15(2)10-12-31-18(6)23(16(3)4)34-25(29)17(5)13-20(28)22-24(33-14-32-19(7)27)21(30-8)9-11-26-22/h9,11,15-18,23H,10,12-14H2,1-8H3/t17-,18+,23-/m1/s1. The molecule has 1 heterocycles. The van der Waals surface area contributed by atoms with Crippen LogP contribution in [0.25, 0.3) is 0 Å². The third kappa shape index (κ3) is 9.67. The highest BCUT2D eigenvalue weighted by atomic mass is 16.7. The van der Waals surface area contributed by atoms with Crippen LogP contribution < -0.4 is 9.47 Å². The number of carbonyl (C=O) groups is 3. The second kappa shape index (κ2) is 14.6. The molecule has 0 saturated carbocycles. The van der Waals surface area contributed by atoms with Gasteiger partial charge in [0.05, 0.1) is 19.1 Å². The molecule has 9 heteroatoms. The van der Waals surface area contributed by atoms with E-state index in [1.54, 1.807) is 6.92 Å². The molecule has 0 aromatic carbocycles. The summed E-state index contributed by atoms with van der Waals surface area (Å²) in [6.07, 6.45) is 1.47. The van der Waals surface area contributed by atoms with E-state index in [9.17, 15) is 14.4 Å². The molecule has 0 spiro atoms. The van der Waals surface area contributed by atoms with Crippen molar-refractivity contribution >= 4 is 17.7 Å². The molecular weight excluding hydrogens is 442 g/mol. The first-order valence-electron chi connectivity index (χ1n) is 11.6. The summed E-state index contributed by atoms with van der Waals surface area (Å²) < 4.78 is 27.1. The van der Waals surface area contributed by atoms with Crippen molar-refractivity contribution in [3.8, 4) is 11.5 Å². The van der Waals surface area contributed by atoms with Gasteiger partial charge in [0, 0.05) is 32.2 Å². The van der Waals surface area contributed by atoms with Gasteiger partial charge in [-0.25, -0.2) is 4.98 Å². The summed E-state index contributed by atoms with van der Waals surface area (Å²) >= 11 is 0. The quantitative estimate of drug-likeness (QED) is 0.206. The van der Waals surface area contributed by atoms with Crippen LogP contribution >= 0.6 is 0 Å². The molecule has 0 aliphatic heterocycles. The average molecular weight is 482 g/mol. The second-order valence-corrected chi connectivity index (χ2v) is 9.02. The Balaban J connectivity index is 2.86. The fourth-order valence-electron chi connectivity index (χ4n) is 3.17. The van der Waals surface area contributed by atoms with Crippen molar-refractivity contribution in [1.82, 2.24) is 4.98 Å². The zero-order chi connectivity index (χ0) is 25.8. The van der Waals surface area contributed by atoms with Crippen molar-refractivity contribution in [3.63, 3.8) is 0 Å². The molecule has 1 aromatic rings. The SMILES string of the molecule is COc1ccnc(C(=O)C[C@@H](C)C(=O)O[C@H](C(C)C)[C@H](C)OCCC(C)C)c1OCOC(C)=O. The summed E-state index contributed by atoms with van der Waals surface area (Å²) in [6, 6.07) is 1.52. The maximum atomic E-state index is 13.0. The van der Waals surface area contributed by atoms with Crippen LogP contribution in [0, 0.1) is 17.8 Å². The van der Waals surface area contributed by atoms with Crippen LogP contribution in [0.3, 0.4) is 0 Å². The van der Waals surface area contributed by atoms with E-state index >= 15 is 0 Å². The maximum Gasteiger partial charge on any atom is 0.309 e. The normalized spacial score (nSPS) is 13.8. The smallest absolute Gasteiger partial charge is 0.309 e. The van der Waals surface area contributed by atoms with E-state index < -0.39 is 36.5 Å². The third-order valence-corrected chi connectivity index (χ3v) is 5.16. The lowest BCUT2D eigenvalue weighted by Gasteiger charge is -2.28. The van der Waals surface area contributed by atoms with Crippen molar-refractivity contribution in [1.29, 1.82) is 0 Å². The zero-order valence-corrected chi connectivity index (χ0v) is 21.6. The number of Topliss-reactive ketones (excluding diaryl/α,β-unsaturated/α-hetero) is 1. The second-order valence-electron chi connectivity index (χ2n) is 9.02. The number of carbonyl (C=O) groups excluding carboxylic acids is 3. The van der Waals surface area contributed by atoms with E-state index in [0.717, 1.165) is 6.42 Å². The molecule has 192 valence electrons. The fourth-order valence-corrected chi connectivity index (χ4v) is 3.17. The molecular formula is C25H39NO8. The predicted octanol–water partition coefficient (Wildman–Crippen LogP) is 4.22. The molecule has 0 aliphatic carbocycles. The third-order valence-electron chi connectivity index (χ3n) is 5.16. The number of ether oxygens (including phenoxy) is 5. The highest BCUT2D eigenvalue weighted by Crippen LogP contribution is 2.31. The Hall–Kier alpha value is -2.68. The number of esters is 2. The van der Waals surface area contributed by atoms with Gasteiger partial charge in [0.25, 0.3) is 0 Å². The lowest BCUT2D eigenvalue weighted by molar-refractivity contribution is -0.165. The van der Waals surface area contributed by atoms with Gasteiger partial charge >= 0.3 is 11.9 Å². The number of methoxy groups -OCH3 is 1. The van der Waals surface area contributed by atoms with Gasteiger partial charge in [-0.05, 0) is 25.2 Å². The van der Waals surface area contributed by atoms with Crippen LogP contribution in [0.2, 0.25) is 0 Å². The lowest BCUT2D eigenvalue weighted by Crippen LogP contribution is -2.37. The molecule has 0 fully saturated rings. The Morgan fingerprint density at radius 1 is 1.06 bits per heavy atom. The molecule has 0 amide bonds. The van der Waals surface area contributed by atoms with Crippen molar-refractivity contribution in [3.05, 3.63) is 18.0 Å². The molecule has 0 N–H and O–H groups in total. The number of hydrogen-bond acceptors (Lipinski definition) is 9. The molecule has 3 atom stereocenters. The van der Waals surface area contributed by atoms with Crippen molar-refractivity contribution in [2.24, 2.45) is 17.8 Å². The molecule has 9 nitrogen and oxygen atoms in total. The average Bonchev–Trinajstić information content (AvgIpc) is 2.76. The molecule has 0 saturated heterocycles. The Morgan fingerprint density at radius 3 is 2.29 bits per heavy atom. The van der Waals surface area contributed by atoms with E-state index in [0.29, 0.717) is 12.5 Å². The van der Waals surface area contributed by atoms with E-state index in [4.69, 9.17) is 23.7 Å². The van der Waals surface area contributed by atoms with Gasteiger partial charge in [-0.3, -0.25) is 14.4 Å². The Morgan fingerprint density at radius 2 is 1.74 bits per heavy atom. The molecule has 34 heavy (non-hydrogen) atoms. The number of hydrogen-bond donors (Lipinski definition) is 0. The molecule has 1 aromatic heterocycles. The van der Waals surface area contributed by atoms with Crippen molar-refractivity contribution < 1.29 is 38.1 Å². The highest BCUT2D eigenvalue weighted by Gasteiger charge is 2.30. The van der Waals surface area contributed by atoms with E-state index in [1.165, 1.54) is 26.3 Å².